The minimum Gasteiger partial charge on any atom is -0.497 e. The van der Waals surface area contributed by atoms with Crippen LogP contribution in [0, 0.1) is 5.92 Å². The van der Waals surface area contributed by atoms with Crippen LogP contribution in [0.2, 0.25) is 0 Å². The van der Waals surface area contributed by atoms with Gasteiger partial charge in [-0.25, -0.2) is 4.79 Å². The van der Waals surface area contributed by atoms with Gasteiger partial charge >= 0.3 is 5.97 Å². The van der Waals surface area contributed by atoms with Crippen molar-refractivity contribution in [1.29, 1.82) is 0 Å². The van der Waals surface area contributed by atoms with E-state index in [0.29, 0.717) is 24.2 Å². The summed E-state index contributed by atoms with van der Waals surface area (Å²) in [4.78, 5) is 24.7. The molecule has 1 aliphatic carbocycles. The highest BCUT2D eigenvalue weighted by molar-refractivity contribution is 5.90. The number of carbonyl (C=O) groups excluding carboxylic acids is 2. The Morgan fingerprint density at radius 1 is 1.33 bits per heavy atom. The van der Waals surface area contributed by atoms with E-state index in [4.69, 9.17) is 9.47 Å². The fraction of sp³-hybridized carbons (Fsp3) is 0.500. The largest absolute Gasteiger partial charge is 0.497 e. The highest BCUT2D eigenvalue weighted by atomic mass is 16.5. The number of ether oxygens (including phenoxy) is 2. The minimum atomic E-state index is -0.375. The SMILES string of the molecule is C=CCCCC(OC(=O)c1ccc(OC)cc1)C1CCCCC1=O. The second-order valence-electron chi connectivity index (χ2n) is 6.21. The summed E-state index contributed by atoms with van der Waals surface area (Å²) in [5.41, 5.74) is 0.479. The molecule has 2 rings (SSSR count). The third kappa shape index (κ3) is 4.95. The topological polar surface area (TPSA) is 52.6 Å². The average Bonchev–Trinajstić information content (AvgIpc) is 2.61. The molecule has 0 aromatic heterocycles. The van der Waals surface area contributed by atoms with E-state index in [9.17, 15) is 9.59 Å². The summed E-state index contributed by atoms with van der Waals surface area (Å²) < 4.78 is 10.8. The number of allylic oxidation sites excluding steroid dienone is 1. The quantitative estimate of drug-likeness (QED) is 0.404. The first-order valence-corrected chi connectivity index (χ1v) is 8.64. The summed E-state index contributed by atoms with van der Waals surface area (Å²) in [6.07, 6.45) is 7.32. The van der Waals surface area contributed by atoms with Crippen LogP contribution < -0.4 is 4.74 Å². The summed E-state index contributed by atoms with van der Waals surface area (Å²) >= 11 is 0. The van der Waals surface area contributed by atoms with Crippen molar-refractivity contribution < 1.29 is 19.1 Å². The minimum absolute atomic E-state index is 0.161. The molecule has 1 aliphatic rings. The van der Waals surface area contributed by atoms with Crippen molar-refractivity contribution in [3.05, 3.63) is 42.5 Å². The smallest absolute Gasteiger partial charge is 0.338 e. The molecule has 0 spiro atoms. The zero-order chi connectivity index (χ0) is 17.4. The molecular weight excluding hydrogens is 304 g/mol. The number of carbonyl (C=O) groups is 2. The van der Waals surface area contributed by atoms with Crippen LogP contribution in [0.1, 0.15) is 55.3 Å². The van der Waals surface area contributed by atoms with Crippen molar-refractivity contribution in [1.82, 2.24) is 0 Å². The molecule has 4 nitrogen and oxygen atoms in total. The average molecular weight is 330 g/mol. The number of benzene rings is 1. The molecular formula is C20H26O4. The van der Waals surface area contributed by atoms with Gasteiger partial charge in [0, 0.05) is 6.42 Å². The molecule has 24 heavy (non-hydrogen) atoms. The maximum atomic E-state index is 12.4. The maximum Gasteiger partial charge on any atom is 0.338 e. The Bertz CT molecular complexity index is 562. The maximum absolute atomic E-state index is 12.4. The van der Waals surface area contributed by atoms with Gasteiger partial charge in [0.05, 0.1) is 18.6 Å². The Morgan fingerprint density at radius 3 is 2.71 bits per heavy atom. The number of hydrogen-bond acceptors (Lipinski definition) is 4. The second-order valence-corrected chi connectivity index (χ2v) is 6.21. The van der Waals surface area contributed by atoms with Crippen LogP contribution in [0.5, 0.6) is 5.75 Å². The van der Waals surface area contributed by atoms with Crippen molar-refractivity contribution in [2.75, 3.05) is 7.11 Å². The van der Waals surface area contributed by atoms with E-state index in [-0.39, 0.29) is 23.8 Å². The van der Waals surface area contributed by atoms with Crippen molar-refractivity contribution in [3.63, 3.8) is 0 Å². The van der Waals surface area contributed by atoms with E-state index in [2.05, 4.69) is 6.58 Å². The lowest BCUT2D eigenvalue weighted by Gasteiger charge is -2.29. The van der Waals surface area contributed by atoms with Crippen molar-refractivity contribution >= 4 is 11.8 Å². The predicted molar refractivity (Wildman–Crippen MR) is 93.2 cm³/mol. The van der Waals surface area contributed by atoms with Gasteiger partial charge in [0.1, 0.15) is 17.6 Å². The molecule has 1 saturated carbocycles. The molecule has 130 valence electrons. The molecule has 2 unspecified atom stereocenters. The number of rotatable bonds is 8. The highest BCUT2D eigenvalue weighted by Gasteiger charge is 2.32. The first-order valence-electron chi connectivity index (χ1n) is 8.64. The number of Topliss-reactive ketones (excluding diaryl/α,β-unsaturated/α-hetero) is 1. The Kier molecular flexibility index (Phi) is 7.04. The Labute approximate surface area is 143 Å². The van der Waals surface area contributed by atoms with Crippen LogP contribution >= 0.6 is 0 Å². The fourth-order valence-electron chi connectivity index (χ4n) is 3.14. The van der Waals surface area contributed by atoms with Crippen LogP contribution in [0.3, 0.4) is 0 Å². The summed E-state index contributed by atoms with van der Waals surface area (Å²) in [5.74, 6) is 0.384. The molecule has 0 radical (unpaired) electrons. The third-order valence-corrected chi connectivity index (χ3v) is 4.53. The van der Waals surface area contributed by atoms with Crippen LogP contribution in [-0.2, 0) is 9.53 Å². The lowest BCUT2D eigenvalue weighted by Crippen LogP contribution is -2.34. The monoisotopic (exact) mass is 330 g/mol. The van der Waals surface area contributed by atoms with E-state index in [1.165, 1.54) is 0 Å². The molecule has 1 aromatic rings. The standard InChI is InChI=1S/C20H26O4/c1-3-4-5-10-19(17-8-6-7-9-18(17)21)24-20(22)15-11-13-16(23-2)14-12-15/h3,11-14,17,19H,1,4-10H2,2H3. The van der Waals surface area contributed by atoms with Crippen LogP contribution in [-0.4, -0.2) is 25.0 Å². The lowest BCUT2D eigenvalue weighted by atomic mass is 9.82. The van der Waals surface area contributed by atoms with Crippen molar-refractivity contribution in [2.24, 2.45) is 5.92 Å². The van der Waals surface area contributed by atoms with E-state index < -0.39 is 0 Å². The van der Waals surface area contributed by atoms with E-state index in [0.717, 1.165) is 32.1 Å². The van der Waals surface area contributed by atoms with Crippen molar-refractivity contribution in [3.8, 4) is 5.75 Å². The van der Waals surface area contributed by atoms with E-state index >= 15 is 0 Å². The van der Waals surface area contributed by atoms with Gasteiger partial charge in [0.25, 0.3) is 0 Å². The van der Waals surface area contributed by atoms with E-state index in [1.54, 1.807) is 31.4 Å². The molecule has 2 atom stereocenters. The number of methoxy groups -OCH3 is 1. The molecule has 0 aliphatic heterocycles. The van der Waals surface area contributed by atoms with Crippen LogP contribution in [0.4, 0.5) is 0 Å². The molecule has 0 bridgehead atoms. The molecule has 0 saturated heterocycles. The summed E-state index contributed by atoms with van der Waals surface area (Å²) in [6.45, 7) is 3.72. The molecule has 0 N–H and O–H groups in total. The number of unbranched alkanes of at least 4 members (excludes halogenated alkanes) is 1. The van der Waals surface area contributed by atoms with Crippen LogP contribution in [0.15, 0.2) is 36.9 Å². The lowest BCUT2D eigenvalue weighted by molar-refractivity contribution is -0.128. The molecule has 4 heteroatoms. The van der Waals surface area contributed by atoms with Crippen molar-refractivity contribution in [2.45, 2.75) is 51.0 Å². The molecule has 1 aromatic carbocycles. The molecule has 0 heterocycles. The summed E-state index contributed by atoms with van der Waals surface area (Å²) in [6, 6.07) is 6.83. The Morgan fingerprint density at radius 2 is 2.08 bits per heavy atom. The van der Waals surface area contributed by atoms with Gasteiger partial charge in [-0.05, 0) is 56.4 Å². The zero-order valence-electron chi connectivity index (χ0n) is 14.3. The van der Waals surface area contributed by atoms with Gasteiger partial charge < -0.3 is 9.47 Å². The third-order valence-electron chi connectivity index (χ3n) is 4.53. The zero-order valence-corrected chi connectivity index (χ0v) is 14.3. The molecule has 1 fully saturated rings. The normalized spacial score (nSPS) is 18.7. The van der Waals surface area contributed by atoms with Gasteiger partial charge in [-0.15, -0.1) is 6.58 Å². The summed E-state index contributed by atoms with van der Waals surface area (Å²) in [5, 5.41) is 0. The summed E-state index contributed by atoms with van der Waals surface area (Å²) in [7, 11) is 1.58. The van der Waals surface area contributed by atoms with Crippen LogP contribution in [0.25, 0.3) is 0 Å². The highest BCUT2D eigenvalue weighted by Crippen LogP contribution is 2.28. The van der Waals surface area contributed by atoms with Gasteiger partial charge in [0.2, 0.25) is 0 Å². The second kappa shape index (κ2) is 9.26. The Hall–Kier alpha value is -2.10. The number of ketones is 1. The van der Waals surface area contributed by atoms with Gasteiger partial charge in [0.15, 0.2) is 0 Å². The number of hydrogen-bond donors (Lipinski definition) is 0. The number of esters is 1. The van der Waals surface area contributed by atoms with Gasteiger partial charge in [-0.1, -0.05) is 12.5 Å². The first-order chi connectivity index (χ1) is 11.7. The predicted octanol–water partition coefficient (Wildman–Crippen LogP) is 4.34. The first kappa shape index (κ1) is 18.2. The van der Waals surface area contributed by atoms with Gasteiger partial charge in [-0.3, -0.25) is 4.79 Å². The molecule has 0 amide bonds. The van der Waals surface area contributed by atoms with Gasteiger partial charge in [-0.2, -0.15) is 0 Å². The van der Waals surface area contributed by atoms with E-state index in [1.807, 2.05) is 6.08 Å². The fourth-order valence-corrected chi connectivity index (χ4v) is 3.14. The Balaban J connectivity index is 2.05.